The molecule has 14 heavy (non-hydrogen) atoms. The lowest BCUT2D eigenvalue weighted by atomic mass is 9.94. The van der Waals surface area contributed by atoms with E-state index in [9.17, 15) is 0 Å². The van der Waals surface area contributed by atoms with E-state index in [1.165, 1.54) is 38.9 Å². The number of hydrogen-bond acceptors (Lipinski definition) is 2. The summed E-state index contributed by atoms with van der Waals surface area (Å²) in [5, 5.41) is 3.65. The highest BCUT2D eigenvalue weighted by atomic mass is 15.2. The molecular formula is C12H24N2. The Labute approximate surface area is 88.1 Å². The maximum atomic E-state index is 3.65. The van der Waals surface area contributed by atoms with E-state index in [1.807, 2.05) is 0 Å². The SMILES string of the molecule is CCC1(C)CN(C(C)C2CC2)CCN1. The maximum absolute atomic E-state index is 3.65. The molecule has 2 unspecified atom stereocenters. The molecule has 1 aliphatic carbocycles. The van der Waals surface area contributed by atoms with Gasteiger partial charge in [0.05, 0.1) is 0 Å². The fourth-order valence-corrected chi connectivity index (χ4v) is 2.55. The summed E-state index contributed by atoms with van der Waals surface area (Å²) in [5.41, 5.74) is 0.363. The lowest BCUT2D eigenvalue weighted by molar-refractivity contribution is 0.0953. The van der Waals surface area contributed by atoms with Crippen molar-refractivity contribution in [3.63, 3.8) is 0 Å². The van der Waals surface area contributed by atoms with Crippen molar-refractivity contribution in [2.24, 2.45) is 5.92 Å². The van der Waals surface area contributed by atoms with Gasteiger partial charge in [-0.15, -0.1) is 0 Å². The first-order chi connectivity index (χ1) is 6.64. The summed E-state index contributed by atoms with van der Waals surface area (Å²) >= 11 is 0. The highest BCUT2D eigenvalue weighted by Gasteiger charge is 2.36. The minimum Gasteiger partial charge on any atom is -0.309 e. The van der Waals surface area contributed by atoms with Gasteiger partial charge in [-0.1, -0.05) is 6.92 Å². The van der Waals surface area contributed by atoms with Crippen LogP contribution in [0.1, 0.15) is 40.0 Å². The Hall–Kier alpha value is -0.0800. The number of nitrogens with zero attached hydrogens (tertiary/aromatic N) is 1. The Morgan fingerprint density at radius 2 is 2.21 bits per heavy atom. The van der Waals surface area contributed by atoms with Gasteiger partial charge in [-0.3, -0.25) is 4.90 Å². The molecule has 1 aliphatic heterocycles. The molecule has 0 aromatic rings. The fraction of sp³-hybridized carbons (Fsp3) is 1.00. The van der Waals surface area contributed by atoms with Crippen molar-refractivity contribution in [2.75, 3.05) is 19.6 Å². The minimum absolute atomic E-state index is 0.363. The van der Waals surface area contributed by atoms with Crippen molar-refractivity contribution >= 4 is 0 Å². The van der Waals surface area contributed by atoms with Crippen LogP contribution in [0, 0.1) is 5.92 Å². The molecule has 1 saturated heterocycles. The summed E-state index contributed by atoms with van der Waals surface area (Å²) in [6.45, 7) is 10.7. The van der Waals surface area contributed by atoms with E-state index in [1.54, 1.807) is 0 Å². The fourth-order valence-electron chi connectivity index (χ4n) is 2.55. The molecule has 2 aliphatic rings. The summed E-state index contributed by atoms with van der Waals surface area (Å²) in [6.07, 6.45) is 4.17. The van der Waals surface area contributed by atoms with Crippen molar-refractivity contribution < 1.29 is 0 Å². The minimum atomic E-state index is 0.363. The molecule has 1 saturated carbocycles. The van der Waals surface area contributed by atoms with Gasteiger partial charge in [-0.05, 0) is 39.0 Å². The molecule has 2 fully saturated rings. The Bertz CT molecular complexity index is 200. The summed E-state index contributed by atoms with van der Waals surface area (Å²) in [5.74, 6) is 1.01. The standard InChI is InChI=1S/C12H24N2/c1-4-12(3)9-14(8-7-13-12)10(2)11-5-6-11/h10-11,13H,4-9H2,1-3H3. The van der Waals surface area contributed by atoms with Crippen LogP contribution in [0.4, 0.5) is 0 Å². The number of rotatable bonds is 3. The highest BCUT2D eigenvalue weighted by Crippen LogP contribution is 2.36. The van der Waals surface area contributed by atoms with Gasteiger partial charge in [0.25, 0.3) is 0 Å². The van der Waals surface area contributed by atoms with Gasteiger partial charge in [0.1, 0.15) is 0 Å². The van der Waals surface area contributed by atoms with Crippen molar-refractivity contribution in [1.82, 2.24) is 10.2 Å². The van der Waals surface area contributed by atoms with Gasteiger partial charge in [0, 0.05) is 31.2 Å². The third-order valence-electron chi connectivity index (χ3n) is 4.16. The number of piperazine rings is 1. The second-order valence-electron chi connectivity index (χ2n) is 5.39. The quantitative estimate of drug-likeness (QED) is 0.741. The second-order valence-corrected chi connectivity index (χ2v) is 5.39. The molecule has 0 bridgehead atoms. The third-order valence-corrected chi connectivity index (χ3v) is 4.16. The van der Waals surface area contributed by atoms with Crippen LogP contribution in [-0.2, 0) is 0 Å². The van der Waals surface area contributed by atoms with Gasteiger partial charge in [0.2, 0.25) is 0 Å². The van der Waals surface area contributed by atoms with Crippen molar-refractivity contribution in [3.05, 3.63) is 0 Å². The van der Waals surface area contributed by atoms with Gasteiger partial charge >= 0.3 is 0 Å². The Morgan fingerprint density at radius 1 is 1.50 bits per heavy atom. The van der Waals surface area contributed by atoms with Gasteiger partial charge in [-0.2, -0.15) is 0 Å². The van der Waals surface area contributed by atoms with Crippen LogP contribution in [0.2, 0.25) is 0 Å². The molecule has 1 heterocycles. The molecule has 0 radical (unpaired) electrons. The second kappa shape index (κ2) is 3.82. The van der Waals surface area contributed by atoms with Crippen LogP contribution in [0.3, 0.4) is 0 Å². The molecule has 82 valence electrons. The number of hydrogen-bond donors (Lipinski definition) is 1. The first kappa shape index (κ1) is 10.4. The van der Waals surface area contributed by atoms with Crippen molar-refractivity contribution in [1.29, 1.82) is 0 Å². The van der Waals surface area contributed by atoms with E-state index in [-0.39, 0.29) is 0 Å². The van der Waals surface area contributed by atoms with Crippen LogP contribution in [-0.4, -0.2) is 36.1 Å². The van der Waals surface area contributed by atoms with Crippen LogP contribution in [0.15, 0.2) is 0 Å². The number of nitrogens with one attached hydrogen (secondary N) is 1. The van der Waals surface area contributed by atoms with Crippen LogP contribution in [0.5, 0.6) is 0 Å². The molecule has 2 nitrogen and oxygen atoms in total. The smallest absolute Gasteiger partial charge is 0.0278 e. The van der Waals surface area contributed by atoms with Crippen molar-refractivity contribution in [3.8, 4) is 0 Å². The van der Waals surface area contributed by atoms with Gasteiger partial charge in [0.15, 0.2) is 0 Å². The topological polar surface area (TPSA) is 15.3 Å². The van der Waals surface area contributed by atoms with E-state index < -0.39 is 0 Å². The Balaban J connectivity index is 1.92. The molecule has 0 aromatic carbocycles. The zero-order valence-electron chi connectivity index (χ0n) is 9.84. The molecule has 2 rings (SSSR count). The van der Waals surface area contributed by atoms with Crippen LogP contribution in [0.25, 0.3) is 0 Å². The maximum Gasteiger partial charge on any atom is 0.0278 e. The Kier molecular flexibility index (Phi) is 2.85. The zero-order valence-corrected chi connectivity index (χ0v) is 9.84. The molecule has 0 spiro atoms. The van der Waals surface area contributed by atoms with E-state index in [0.717, 1.165) is 12.0 Å². The molecule has 2 heteroatoms. The molecule has 2 atom stereocenters. The predicted octanol–water partition coefficient (Wildman–Crippen LogP) is 1.86. The van der Waals surface area contributed by atoms with Crippen molar-refractivity contribution in [2.45, 2.75) is 51.6 Å². The normalized spacial score (nSPS) is 37.1. The van der Waals surface area contributed by atoms with Crippen LogP contribution >= 0.6 is 0 Å². The highest BCUT2D eigenvalue weighted by molar-refractivity contribution is 4.94. The molecule has 0 amide bonds. The zero-order chi connectivity index (χ0) is 10.2. The third kappa shape index (κ3) is 2.12. The van der Waals surface area contributed by atoms with Crippen LogP contribution < -0.4 is 5.32 Å². The lowest BCUT2D eigenvalue weighted by Crippen LogP contribution is -2.60. The Morgan fingerprint density at radius 3 is 2.79 bits per heavy atom. The largest absolute Gasteiger partial charge is 0.309 e. The average Bonchev–Trinajstić information content (AvgIpc) is 3.00. The first-order valence-electron chi connectivity index (χ1n) is 6.14. The first-order valence-corrected chi connectivity index (χ1v) is 6.14. The van der Waals surface area contributed by atoms with E-state index >= 15 is 0 Å². The average molecular weight is 196 g/mol. The monoisotopic (exact) mass is 196 g/mol. The summed E-state index contributed by atoms with van der Waals surface area (Å²) in [7, 11) is 0. The summed E-state index contributed by atoms with van der Waals surface area (Å²) in [4.78, 5) is 2.69. The predicted molar refractivity (Wildman–Crippen MR) is 60.5 cm³/mol. The van der Waals surface area contributed by atoms with E-state index in [0.29, 0.717) is 5.54 Å². The van der Waals surface area contributed by atoms with E-state index in [4.69, 9.17) is 0 Å². The lowest BCUT2D eigenvalue weighted by Gasteiger charge is -2.43. The molecular weight excluding hydrogens is 172 g/mol. The van der Waals surface area contributed by atoms with E-state index in [2.05, 4.69) is 31.0 Å². The van der Waals surface area contributed by atoms with Gasteiger partial charge < -0.3 is 5.32 Å². The molecule has 0 aromatic heterocycles. The summed E-state index contributed by atoms with van der Waals surface area (Å²) in [6, 6.07) is 0.822. The summed E-state index contributed by atoms with van der Waals surface area (Å²) < 4.78 is 0. The van der Waals surface area contributed by atoms with Gasteiger partial charge in [-0.25, -0.2) is 0 Å². The molecule has 1 N–H and O–H groups in total.